The van der Waals surface area contributed by atoms with Crippen molar-refractivity contribution in [1.82, 2.24) is 4.90 Å². The van der Waals surface area contributed by atoms with Crippen molar-refractivity contribution in [3.05, 3.63) is 77.9 Å². The van der Waals surface area contributed by atoms with E-state index in [9.17, 15) is 10.2 Å². The van der Waals surface area contributed by atoms with Crippen LogP contribution in [0.25, 0.3) is 0 Å². The normalized spacial score (nSPS) is 24.4. The lowest BCUT2D eigenvalue weighted by atomic mass is 10.00. The quantitative estimate of drug-likeness (QED) is 0.452. The highest BCUT2D eigenvalue weighted by Crippen LogP contribution is 2.54. The first-order valence-corrected chi connectivity index (χ1v) is 12.7. The van der Waals surface area contributed by atoms with E-state index in [-0.39, 0.29) is 22.9 Å². The maximum absolute atomic E-state index is 10.1. The van der Waals surface area contributed by atoms with Crippen LogP contribution in [0.4, 0.5) is 0 Å². The Morgan fingerprint density at radius 2 is 1.65 bits per heavy atom. The van der Waals surface area contributed by atoms with Gasteiger partial charge in [-0.1, -0.05) is 38.1 Å². The van der Waals surface area contributed by atoms with Crippen LogP contribution >= 0.6 is 11.8 Å². The van der Waals surface area contributed by atoms with Crippen molar-refractivity contribution in [3.8, 4) is 23.0 Å². The fourth-order valence-corrected chi connectivity index (χ4v) is 6.06. The minimum atomic E-state index is -0.245. The van der Waals surface area contributed by atoms with Gasteiger partial charge in [-0.25, -0.2) is 0 Å². The monoisotopic (exact) mass is 477 g/mol. The molecule has 1 saturated heterocycles. The Kier molecular flexibility index (Phi) is 6.61. The van der Waals surface area contributed by atoms with Crippen LogP contribution in [0.1, 0.15) is 36.3 Å². The zero-order chi connectivity index (χ0) is 23.7. The van der Waals surface area contributed by atoms with Gasteiger partial charge in [0.15, 0.2) is 0 Å². The van der Waals surface area contributed by atoms with Gasteiger partial charge in [-0.15, -0.1) is 11.8 Å². The zero-order valence-corrected chi connectivity index (χ0v) is 20.4. The van der Waals surface area contributed by atoms with Crippen LogP contribution in [0.3, 0.4) is 0 Å². The molecule has 34 heavy (non-hydrogen) atoms. The van der Waals surface area contributed by atoms with Crippen molar-refractivity contribution in [1.29, 1.82) is 0 Å². The number of benzene rings is 3. The van der Waals surface area contributed by atoms with Crippen LogP contribution in [0.2, 0.25) is 0 Å². The Labute approximate surface area is 205 Å². The molecule has 5 nitrogen and oxygen atoms in total. The van der Waals surface area contributed by atoms with Gasteiger partial charge in [0.25, 0.3) is 0 Å². The Morgan fingerprint density at radius 3 is 2.38 bits per heavy atom. The van der Waals surface area contributed by atoms with E-state index >= 15 is 0 Å². The second-order valence-electron chi connectivity index (χ2n) is 9.43. The minimum Gasteiger partial charge on any atom is -0.508 e. The molecule has 4 atom stereocenters. The third-order valence-electron chi connectivity index (χ3n) is 6.86. The summed E-state index contributed by atoms with van der Waals surface area (Å²) in [5, 5.41) is 19.9. The van der Waals surface area contributed by atoms with E-state index in [1.54, 1.807) is 42.1 Å². The number of fused-ring (bicyclic) bond motifs is 1. The molecule has 1 fully saturated rings. The molecular weight excluding hydrogens is 446 g/mol. The summed E-state index contributed by atoms with van der Waals surface area (Å²) < 4.78 is 12.5. The van der Waals surface area contributed by atoms with Crippen LogP contribution in [0.5, 0.6) is 23.0 Å². The van der Waals surface area contributed by atoms with Crippen LogP contribution in [-0.4, -0.2) is 41.4 Å². The van der Waals surface area contributed by atoms with Crippen LogP contribution in [0.15, 0.2) is 71.6 Å². The van der Waals surface area contributed by atoms with Gasteiger partial charge in [0.05, 0.1) is 10.1 Å². The first-order valence-electron chi connectivity index (χ1n) is 11.9. The van der Waals surface area contributed by atoms with Crippen molar-refractivity contribution in [3.63, 3.8) is 0 Å². The summed E-state index contributed by atoms with van der Waals surface area (Å²) in [6.07, 6.45) is -0.245. The Bertz CT molecular complexity index is 1130. The van der Waals surface area contributed by atoms with Crippen LogP contribution in [-0.2, 0) is 0 Å². The van der Waals surface area contributed by atoms with Gasteiger partial charge in [-0.2, -0.15) is 0 Å². The molecule has 2 aliphatic rings. The first-order chi connectivity index (χ1) is 16.5. The van der Waals surface area contributed by atoms with Gasteiger partial charge >= 0.3 is 0 Å². The molecule has 0 aromatic heterocycles. The molecule has 0 unspecified atom stereocenters. The number of nitrogens with zero attached hydrogens (tertiary/aromatic N) is 1. The molecule has 2 heterocycles. The molecular formula is C28H31NO4S. The molecule has 0 saturated carbocycles. The van der Waals surface area contributed by atoms with Crippen molar-refractivity contribution >= 4 is 11.8 Å². The van der Waals surface area contributed by atoms with Crippen molar-refractivity contribution < 1.29 is 19.7 Å². The number of phenolic OH excluding ortho intramolecular Hbond substituents is 2. The maximum atomic E-state index is 10.1. The maximum Gasteiger partial charge on any atom is 0.140 e. The Hall–Kier alpha value is -2.83. The lowest BCUT2D eigenvalue weighted by Crippen LogP contribution is -2.26. The van der Waals surface area contributed by atoms with Gasteiger partial charge in [-0.05, 0) is 65.4 Å². The molecule has 0 bridgehead atoms. The second kappa shape index (κ2) is 9.80. The first kappa shape index (κ1) is 22.9. The standard InChI is InChI=1S/C28H31NO4S/c1-18-16-29(17-19(18)2)12-13-32-24-9-6-20(7-10-24)27-28(21-4-3-5-22(30)14-21)34-26-15-23(31)8-11-25(26)33-27/h3-11,14-15,18-19,27-28,30-31H,12-13,16-17H2,1-2H3/t18-,19+,27-,28+/m0/s1. The molecule has 0 spiro atoms. The molecule has 0 aliphatic carbocycles. The van der Waals surface area contributed by atoms with E-state index in [1.807, 2.05) is 24.3 Å². The van der Waals surface area contributed by atoms with Gasteiger partial charge < -0.3 is 19.7 Å². The highest BCUT2D eigenvalue weighted by molar-refractivity contribution is 7.99. The molecule has 2 N–H and O–H groups in total. The Morgan fingerprint density at radius 1 is 0.912 bits per heavy atom. The zero-order valence-electron chi connectivity index (χ0n) is 19.6. The highest BCUT2D eigenvalue weighted by Gasteiger charge is 2.34. The summed E-state index contributed by atoms with van der Waals surface area (Å²) >= 11 is 1.64. The Balaban J connectivity index is 1.31. The lowest BCUT2D eigenvalue weighted by molar-refractivity contribution is 0.190. The van der Waals surface area contributed by atoms with Gasteiger partial charge in [0, 0.05) is 19.6 Å². The smallest absolute Gasteiger partial charge is 0.140 e. The molecule has 3 aromatic rings. The third-order valence-corrected chi connectivity index (χ3v) is 8.20. The molecule has 0 radical (unpaired) electrons. The van der Waals surface area contributed by atoms with Crippen LogP contribution < -0.4 is 9.47 Å². The number of rotatable bonds is 6. The molecule has 5 rings (SSSR count). The fourth-order valence-electron chi connectivity index (χ4n) is 4.75. The lowest BCUT2D eigenvalue weighted by Gasteiger charge is -2.34. The third kappa shape index (κ3) is 4.98. The predicted octanol–water partition coefficient (Wildman–Crippen LogP) is 6.03. The predicted molar refractivity (Wildman–Crippen MR) is 135 cm³/mol. The minimum absolute atomic E-state index is 0.0766. The molecule has 178 valence electrons. The summed E-state index contributed by atoms with van der Waals surface area (Å²) in [6, 6.07) is 20.6. The molecule has 3 aromatic carbocycles. The number of hydrogen-bond acceptors (Lipinski definition) is 6. The van der Waals surface area contributed by atoms with E-state index < -0.39 is 0 Å². The van der Waals surface area contributed by atoms with Crippen molar-refractivity contribution in [2.75, 3.05) is 26.2 Å². The van der Waals surface area contributed by atoms with E-state index in [0.717, 1.165) is 59.0 Å². The highest BCUT2D eigenvalue weighted by atomic mass is 32.2. The van der Waals surface area contributed by atoms with E-state index in [1.165, 1.54) is 0 Å². The SMILES string of the molecule is C[C@@H]1CN(CCOc2ccc([C@@H]3Oc4ccc(O)cc4S[C@@H]3c3cccc(O)c3)cc2)C[C@@H]1C. The average molecular weight is 478 g/mol. The number of phenols is 2. The van der Waals surface area contributed by atoms with Crippen molar-refractivity contribution in [2.45, 2.75) is 30.1 Å². The largest absolute Gasteiger partial charge is 0.508 e. The van der Waals surface area contributed by atoms with Gasteiger partial charge in [0.1, 0.15) is 35.7 Å². The topological polar surface area (TPSA) is 62.2 Å². The van der Waals surface area contributed by atoms with Gasteiger partial charge in [0.2, 0.25) is 0 Å². The number of ether oxygens (including phenoxy) is 2. The number of likely N-dealkylation sites (tertiary alicyclic amines) is 1. The second-order valence-corrected chi connectivity index (χ2v) is 10.6. The van der Waals surface area contributed by atoms with E-state index in [4.69, 9.17) is 9.47 Å². The summed E-state index contributed by atoms with van der Waals surface area (Å²) in [5.74, 6) is 3.54. The van der Waals surface area contributed by atoms with Crippen molar-refractivity contribution in [2.24, 2.45) is 11.8 Å². The summed E-state index contributed by atoms with van der Waals surface area (Å²) in [6.45, 7) is 8.56. The number of aromatic hydroxyl groups is 2. The van der Waals surface area contributed by atoms with E-state index in [2.05, 4.69) is 30.9 Å². The summed E-state index contributed by atoms with van der Waals surface area (Å²) in [4.78, 5) is 3.36. The molecule has 0 amide bonds. The summed E-state index contributed by atoms with van der Waals surface area (Å²) in [7, 11) is 0. The van der Waals surface area contributed by atoms with Gasteiger partial charge in [-0.3, -0.25) is 4.90 Å². The molecule has 6 heteroatoms. The van der Waals surface area contributed by atoms with E-state index in [0.29, 0.717) is 6.61 Å². The van der Waals surface area contributed by atoms with Crippen LogP contribution in [0, 0.1) is 11.8 Å². The summed E-state index contributed by atoms with van der Waals surface area (Å²) in [5.41, 5.74) is 2.01. The number of thioether (sulfide) groups is 1. The fraction of sp³-hybridized carbons (Fsp3) is 0.357. The number of hydrogen-bond donors (Lipinski definition) is 2. The molecule has 2 aliphatic heterocycles. The average Bonchev–Trinajstić information content (AvgIpc) is 3.15.